The minimum absolute atomic E-state index is 0.0590. The number of hydrogen-bond acceptors (Lipinski definition) is 9. The van der Waals surface area contributed by atoms with Gasteiger partial charge >= 0.3 is 5.97 Å². The molecule has 2 aliphatic heterocycles. The van der Waals surface area contributed by atoms with E-state index in [0.717, 1.165) is 11.6 Å². The standard InChI is InChI=1S/C27H24N2O9S/c1-35-21-11-10-18(39(33,34)29-13-12-17-6-2-3-7-20(17)29)14-19(21)27(32)37-16-25(30)28-26(31)24-15-36-22-8-4-5-9-23(22)38-24/h2-11,14,24H,12-13,15-16H2,1H3,(H,28,30,31)/t24-/m1/s1. The van der Waals surface area contributed by atoms with Gasteiger partial charge in [0, 0.05) is 6.54 Å². The molecule has 0 unspecified atom stereocenters. The Balaban J connectivity index is 1.24. The molecule has 0 radical (unpaired) electrons. The van der Waals surface area contributed by atoms with Gasteiger partial charge < -0.3 is 18.9 Å². The second-order valence-electron chi connectivity index (χ2n) is 8.67. The molecule has 0 saturated heterocycles. The van der Waals surface area contributed by atoms with Gasteiger partial charge in [-0.25, -0.2) is 13.2 Å². The number of amides is 2. The topological polar surface area (TPSA) is 138 Å². The van der Waals surface area contributed by atoms with Crippen molar-refractivity contribution in [2.45, 2.75) is 17.4 Å². The zero-order valence-electron chi connectivity index (χ0n) is 20.8. The molecule has 3 aromatic rings. The summed E-state index contributed by atoms with van der Waals surface area (Å²) in [7, 11) is -2.68. The third-order valence-corrected chi connectivity index (χ3v) is 8.03. The Labute approximate surface area is 224 Å². The van der Waals surface area contributed by atoms with Crippen molar-refractivity contribution in [3.05, 3.63) is 77.9 Å². The third kappa shape index (κ3) is 5.23. The van der Waals surface area contributed by atoms with E-state index in [2.05, 4.69) is 5.32 Å². The van der Waals surface area contributed by atoms with Gasteiger partial charge in [0.25, 0.3) is 21.8 Å². The summed E-state index contributed by atoms with van der Waals surface area (Å²) < 4.78 is 49.4. The van der Waals surface area contributed by atoms with Crippen molar-refractivity contribution in [1.29, 1.82) is 0 Å². The molecule has 11 nitrogen and oxygen atoms in total. The van der Waals surface area contributed by atoms with Crippen LogP contribution in [-0.2, 0) is 30.8 Å². The SMILES string of the molecule is COc1ccc(S(=O)(=O)N2CCc3ccccc32)cc1C(=O)OCC(=O)NC(=O)[C@H]1COc2ccccc2O1. The van der Waals surface area contributed by atoms with Crippen LogP contribution in [0.15, 0.2) is 71.6 Å². The fourth-order valence-corrected chi connectivity index (χ4v) is 5.83. The zero-order valence-corrected chi connectivity index (χ0v) is 21.6. The number of carbonyl (C=O) groups excluding carboxylic acids is 3. The molecule has 3 aromatic carbocycles. The second kappa shape index (κ2) is 10.7. The first-order valence-electron chi connectivity index (χ1n) is 12.0. The summed E-state index contributed by atoms with van der Waals surface area (Å²) in [4.78, 5) is 37.4. The van der Waals surface area contributed by atoms with Crippen LogP contribution in [0.25, 0.3) is 0 Å². The van der Waals surface area contributed by atoms with E-state index >= 15 is 0 Å². The normalized spacial score (nSPS) is 15.7. The average molecular weight is 553 g/mol. The first-order chi connectivity index (χ1) is 18.8. The minimum atomic E-state index is -3.99. The average Bonchev–Trinajstić information content (AvgIpc) is 3.40. The summed E-state index contributed by atoms with van der Waals surface area (Å²) in [6, 6.07) is 17.8. The quantitative estimate of drug-likeness (QED) is 0.437. The summed E-state index contributed by atoms with van der Waals surface area (Å²) >= 11 is 0. The maximum absolute atomic E-state index is 13.4. The molecule has 1 N–H and O–H groups in total. The van der Waals surface area contributed by atoms with Crippen molar-refractivity contribution in [1.82, 2.24) is 5.32 Å². The predicted octanol–water partition coefficient (Wildman–Crippen LogP) is 2.09. The number of carbonyl (C=O) groups is 3. The number of nitrogens with one attached hydrogen (secondary N) is 1. The smallest absolute Gasteiger partial charge is 0.342 e. The number of sulfonamides is 1. The van der Waals surface area contributed by atoms with Crippen molar-refractivity contribution < 1.29 is 41.7 Å². The fraction of sp³-hybridized carbons (Fsp3) is 0.222. The van der Waals surface area contributed by atoms with Crippen molar-refractivity contribution in [2.24, 2.45) is 0 Å². The van der Waals surface area contributed by atoms with Gasteiger partial charge in [-0.3, -0.25) is 19.2 Å². The number of esters is 1. The Morgan fingerprint density at radius 3 is 2.56 bits per heavy atom. The molecular formula is C27H24N2O9S. The molecule has 0 aliphatic carbocycles. The second-order valence-corrected chi connectivity index (χ2v) is 10.5. The number of nitrogens with zero attached hydrogens (tertiary/aromatic N) is 1. The maximum atomic E-state index is 13.4. The molecule has 2 aliphatic rings. The van der Waals surface area contributed by atoms with Gasteiger partial charge in [0.05, 0.1) is 17.7 Å². The molecule has 0 saturated carbocycles. The molecule has 0 spiro atoms. The lowest BCUT2D eigenvalue weighted by Crippen LogP contribution is -2.47. The number of anilines is 1. The number of imide groups is 1. The number of fused-ring (bicyclic) bond motifs is 2. The summed E-state index contributed by atoms with van der Waals surface area (Å²) in [5.74, 6) is -1.76. The summed E-state index contributed by atoms with van der Waals surface area (Å²) in [5, 5.41) is 2.10. The molecule has 0 fully saturated rings. The van der Waals surface area contributed by atoms with Crippen LogP contribution in [0.5, 0.6) is 17.2 Å². The van der Waals surface area contributed by atoms with Crippen LogP contribution in [0.3, 0.4) is 0 Å². The third-order valence-electron chi connectivity index (χ3n) is 6.22. The first-order valence-corrected chi connectivity index (χ1v) is 13.4. The van der Waals surface area contributed by atoms with Crippen LogP contribution in [0.2, 0.25) is 0 Å². The Bertz CT molecular complexity index is 1550. The highest BCUT2D eigenvalue weighted by Crippen LogP contribution is 2.34. The fourth-order valence-electron chi connectivity index (χ4n) is 4.30. The van der Waals surface area contributed by atoms with E-state index in [-0.39, 0.29) is 29.4 Å². The van der Waals surface area contributed by atoms with E-state index in [1.54, 1.807) is 36.4 Å². The van der Waals surface area contributed by atoms with E-state index in [1.165, 1.54) is 23.5 Å². The number of hydrogen-bond donors (Lipinski definition) is 1. The monoisotopic (exact) mass is 552 g/mol. The summed E-state index contributed by atoms with van der Waals surface area (Å²) in [5.41, 5.74) is 1.30. The van der Waals surface area contributed by atoms with Crippen LogP contribution in [0.4, 0.5) is 5.69 Å². The number of methoxy groups -OCH3 is 1. The van der Waals surface area contributed by atoms with Crippen LogP contribution in [0, 0.1) is 0 Å². The Hall–Kier alpha value is -4.58. The molecule has 39 heavy (non-hydrogen) atoms. The largest absolute Gasteiger partial charge is 0.496 e. The highest BCUT2D eigenvalue weighted by Gasteiger charge is 2.32. The lowest BCUT2D eigenvalue weighted by Gasteiger charge is -2.25. The minimum Gasteiger partial charge on any atom is -0.496 e. The van der Waals surface area contributed by atoms with Gasteiger partial charge in [0.15, 0.2) is 18.1 Å². The number of rotatable bonds is 7. The number of benzene rings is 3. The van der Waals surface area contributed by atoms with Crippen molar-refractivity contribution >= 4 is 33.5 Å². The van der Waals surface area contributed by atoms with Crippen LogP contribution in [-0.4, -0.2) is 59.2 Å². The molecular weight excluding hydrogens is 528 g/mol. The molecule has 0 bridgehead atoms. The maximum Gasteiger partial charge on any atom is 0.342 e. The Kier molecular flexibility index (Phi) is 7.11. The van der Waals surface area contributed by atoms with E-state index < -0.39 is 40.5 Å². The van der Waals surface area contributed by atoms with Gasteiger partial charge in [-0.1, -0.05) is 30.3 Å². The van der Waals surface area contributed by atoms with Crippen molar-refractivity contribution in [2.75, 3.05) is 31.2 Å². The van der Waals surface area contributed by atoms with Gasteiger partial charge in [0.1, 0.15) is 17.9 Å². The van der Waals surface area contributed by atoms with E-state index in [9.17, 15) is 22.8 Å². The lowest BCUT2D eigenvalue weighted by molar-refractivity contribution is -0.137. The molecule has 0 aromatic heterocycles. The van der Waals surface area contributed by atoms with Gasteiger partial charge in [-0.15, -0.1) is 0 Å². The van der Waals surface area contributed by atoms with Crippen LogP contribution < -0.4 is 23.8 Å². The predicted molar refractivity (Wildman–Crippen MR) is 137 cm³/mol. The zero-order chi connectivity index (χ0) is 27.6. The number of ether oxygens (including phenoxy) is 4. The first kappa shape index (κ1) is 26.0. The molecule has 2 heterocycles. The molecule has 5 rings (SSSR count). The number of para-hydroxylation sites is 3. The van der Waals surface area contributed by atoms with Crippen LogP contribution >= 0.6 is 0 Å². The summed E-state index contributed by atoms with van der Waals surface area (Å²) in [6.45, 7) is -0.632. The van der Waals surface area contributed by atoms with E-state index in [1.807, 2.05) is 12.1 Å². The Morgan fingerprint density at radius 2 is 1.77 bits per heavy atom. The highest BCUT2D eigenvalue weighted by atomic mass is 32.2. The van der Waals surface area contributed by atoms with Crippen molar-refractivity contribution in [3.63, 3.8) is 0 Å². The lowest BCUT2D eigenvalue weighted by atomic mass is 10.2. The van der Waals surface area contributed by atoms with Gasteiger partial charge in [-0.2, -0.15) is 0 Å². The van der Waals surface area contributed by atoms with Gasteiger partial charge in [-0.05, 0) is 48.4 Å². The molecule has 1 atom stereocenters. The Morgan fingerprint density at radius 1 is 1.03 bits per heavy atom. The van der Waals surface area contributed by atoms with Crippen molar-refractivity contribution in [3.8, 4) is 17.2 Å². The molecule has 12 heteroatoms. The van der Waals surface area contributed by atoms with Gasteiger partial charge in [0.2, 0.25) is 6.10 Å². The highest BCUT2D eigenvalue weighted by molar-refractivity contribution is 7.92. The summed E-state index contributed by atoms with van der Waals surface area (Å²) in [6.07, 6.45) is -0.504. The van der Waals surface area contributed by atoms with E-state index in [0.29, 0.717) is 23.6 Å². The molecule has 202 valence electrons. The van der Waals surface area contributed by atoms with Crippen LogP contribution in [0.1, 0.15) is 15.9 Å². The molecule has 2 amide bonds. The van der Waals surface area contributed by atoms with E-state index in [4.69, 9.17) is 18.9 Å².